The molecule has 4 rings (SSSR count). The molecule has 0 bridgehead atoms. The molecule has 3 aromatic heterocycles. The van der Waals surface area contributed by atoms with Crippen LogP contribution >= 0.6 is 0 Å². The molecule has 0 spiro atoms. The predicted octanol–water partition coefficient (Wildman–Crippen LogP) is 2.49. The minimum atomic E-state index is -0.0410. The number of hydrogen-bond donors (Lipinski definition) is 0. The normalized spacial score (nSPS) is 14.6. The Morgan fingerprint density at radius 3 is 2.61 bits per heavy atom. The van der Waals surface area contributed by atoms with E-state index in [1.165, 1.54) is 0 Å². The van der Waals surface area contributed by atoms with Crippen LogP contribution in [0, 0.1) is 17.2 Å². The van der Waals surface area contributed by atoms with Gasteiger partial charge in [-0.25, -0.2) is 9.97 Å². The number of aromatic nitrogens is 4. The number of hydrogen-bond acceptors (Lipinski definition) is 6. The lowest BCUT2D eigenvalue weighted by atomic mass is 9.96. The summed E-state index contributed by atoms with van der Waals surface area (Å²) in [5.41, 5.74) is 2.11. The Bertz CT molecular complexity index is 1050. The smallest absolute Gasteiger partial charge is 0.253 e. The van der Waals surface area contributed by atoms with Crippen LogP contribution in [0.3, 0.4) is 0 Å². The van der Waals surface area contributed by atoms with Gasteiger partial charge >= 0.3 is 0 Å². The van der Waals surface area contributed by atoms with Crippen LogP contribution in [0.1, 0.15) is 18.4 Å². The third kappa shape index (κ3) is 3.76. The van der Waals surface area contributed by atoms with E-state index in [4.69, 9.17) is 0 Å². The molecule has 1 aliphatic rings. The average molecular weight is 372 g/mol. The molecule has 0 aliphatic carbocycles. The van der Waals surface area contributed by atoms with E-state index in [0.29, 0.717) is 23.7 Å². The Morgan fingerprint density at radius 1 is 1.11 bits per heavy atom. The maximum Gasteiger partial charge on any atom is 0.253 e. The van der Waals surface area contributed by atoms with Crippen molar-refractivity contribution in [2.75, 3.05) is 18.0 Å². The molecular weight excluding hydrogens is 352 g/mol. The summed E-state index contributed by atoms with van der Waals surface area (Å²) in [6.07, 6.45) is 8.63. The quantitative estimate of drug-likeness (QED) is 0.699. The van der Waals surface area contributed by atoms with Gasteiger partial charge in [-0.3, -0.25) is 14.3 Å². The molecule has 3 aromatic rings. The van der Waals surface area contributed by atoms with Gasteiger partial charge in [0, 0.05) is 49.9 Å². The highest BCUT2D eigenvalue weighted by Crippen LogP contribution is 2.25. The van der Waals surface area contributed by atoms with Gasteiger partial charge in [0.05, 0.1) is 17.6 Å². The minimum absolute atomic E-state index is 0.0410. The van der Waals surface area contributed by atoms with Crippen LogP contribution in [0.5, 0.6) is 0 Å². The highest BCUT2D eigenvalue weighted by atomic mass is 16.1. The van der Waals surface area contributed by atoms with Crippen molar-refractivity contribution in [1.82, 2.24) is 19.5 Å². The Labute approximate surface area is 162 Å². The Balaban J connectivity index is 1.41. The molecule has 4 heterocycles. The largest absolute Gasteiger partial charge is 0.356 e. The third-order valence-electron chi connectivity index (χ3n) is 5.13. The van der Waals surface area contributed by atoms with Gasteiger partial charge in [0.2, 0.25) is 0 Å². The van der Waals surface area contributed by atoms with Gasteiger partial charge < -0.3 is 4.90 Å². The SMILES string of the molecule is N#Cc1cccnc1N1CCC(Cn2cnc(-c3ccncc3)cc2=O)CC1. The van der Waals surface area contributed by atoms with E-state index in [9.17, 15) is 10.1 Å². The highest BCUT2D eigenvalue weighted by Gasteiger charge is 2.22. The number of nitrogens with zero attached hydrogens (tertiary/aromatic N) is 6. The van der Waals surface area contributed by atoms with E-state index < -0.39 is 0 Å². The fourth-order valence-electron chi connectivity index (χ4n) is 3.59. The number of nitriles is 1. The number of piperidine rings is 1. The summed E-state index contributed by atoms with van der Waals surface area (Å²) in [6, 6.07) is 11.1. The van der Waals surface area contributed by atoms with Gasteiger partial charge in [0.15, 0.2) is 0 Å². The second-order valence-corrected chi connectivity index (χ2v) is 6.92. The van der Waals surface area contributed by atoms with Gasteiger partial charge in [-0.05, 0) is 43.0 Å². The molecule has 1 saturated heterocycles. The number of anilines is 1. The van der Waals surface area contributed by atoms with Crippen molar-refractivity contribution in [2.24, 2.45) is 5.92 Å². The Morgan fingerprint density at radius 2 is 1.89 bits per heavy atom. The Hall–Kier alpha value is -3.53. The van der Waals surface area contributed by atoms with Crippen molar-refractivity contribution in [3.63, 3.8) is 0 Å². The summed E-state index contributed by atoms with van der Waals surface area (Å²) in [7, 11) is 0. The van der Waals surface area contributed by atoms with E-state index in [1.807, 2.05) is 12.1 Å². The summed E-state index contributed by atoms with van der Waals surface area (Å²) in [4.78, 5) is 27.5. The molecule has 0 unspecified atom stereocenters. The fourth-order valence-corrected chi connectivity index (χ4v) is 3.59. The van der Waals surface area contributed by atoms with Crippen molar-refractivity contribution in [3.05, 3.63) is 71.2 Å². The molecule has 0 radical (unpaired) electrons. The van der Waals surface area contributed by atoms with Gasteiger partial charge in [-0.2, -0.15) is 5.26 Å². The zero-order valence-electron chi connectivity index (χ0n) is 15.4. The minimum Gasteiger partial charge on any atom is -0.356 e. The second kappa shape index (κ2) is 8.01. The van der Waals surface area contributed by atoms with Crippen LogP contribution in [0.2, 0.25) is 0 Å². The molecule has 0 amide bonds. The topological polar surface area (TPSA) is 87.7 Å². The molecular formula is C21H20N6O. The van der Waals surface area contributed by atoms with E-state index in [0.717, 1.165) is 37.3 Å². The zero-order chi connectivity index (χ0) is 19.3. The molecule has 0 atom stereocenters. The lowest BCUT2D eigenvalue weighted by Crippen LogP contribution is -2.37. The summed E-state index contributed by atoms with van der Waals surface area (Å²) >= 11 is 0. The fraction of sp³-hybridized carbons (Fsp3) is 0.286. The summed E-state index contributed by atoms with van der Waals surface area (Å²) < 4.78 is 1.69. The molecule has 0 aromatic carbocycles. The van der Waals surface area contributed by atoms with E-state index >= 15 is 0 Å². The lowest BCUT2D eigenvalue weighted by Gasteiger charge is -2.33. The van der Waals surface area contributed by atoms with Crippen LogP contribution in [0.4, 0.5) is 5.82 Å². The molecule has 7 nitrogen and oxygen atoms in total. The molecule has 0 N–H and O–H groups in total. The van der Waals surface area contributed by atoms with Gasteiger partial charge in [-0.15, -0.1) is 0 Å². The van der Waals surface area contributed by atoms with Crippen molar-refractivity contribution < 1.29 is 0 Å². The predicted molar refractivity (Wildman–Crippen MR) is 106 cm³/mol. The van der Waals surface area contributed by atoms with Crippen LogP contribution in [-0.2, 0) is 6.54 Å². The summed E-state index contributed by atoms with van der Waals surface area (Å²) in [6.45, 7) is 2.31. The van der Waals surface area contributed by atoms with Crippen molar-refractivity contribution in [2.45, 2.75) is 19.4 Å². The first-order valence-corrected chi connectivity index (χ1v) is 9.31. The van der Waals surface area contributed by atoms with E-state index in [1.54, 1.807) is 47.7 Å². The average Bonchev–Trinajstić information content (AvgIpc) is 2.76. The molecule has 140 valence electrons. The highest BCUT2D eigenvalue weighted by molar-refractivity contribution is 5.57. The maximum absolute atomic E-state index is 12.5. The number of pyridine rings is 2. The van der Waals surface area contributed by atoms with Crippen LogP contribution in [0.15, 0.2) is 60.0 Å². The molecule has 1 aliphatic heterocycles. The molecule has 0 saturated carbocycles. The first kappa shape index (κ1) is 17.9. The third-order valence-corrected chi connectivity index (χ3v) is 5.13. The van der Waals surface area contributed by atoms with Gasteiger partial charge in [0.1, 0.15) is 11.9 Å². The molecule has 1 fully saturated rings. The molecule has 7 heteroatoms. The van der Waals surface area contributed by atoms with Crippen molar-refractivity contribution >= 4 is 5.82 Å². The maximum atomic E-state index is 12.5. The Kier molecular flexibility index (Phi) is 5.11. The van der Waals surface area contributed by atoms with Crippen molar-refractivity contribution in [1.29, 1.82) is 5.26 Å². The van der Waals surface area contributed by atoms with Gasteiger partial charge in [0.25, 0.3) is 5.56 Å². The van der Waals surface area contributed by atoms with Crippen LogP contribution < -0.4 is 10.5 Å². The number of rotatable bonds is 4. The summed E-state index contributed by atoms with van der Waals surface area (Å²) in [5, 5.41) is 9.27. The lowest BCUT2D eigenvalue weighted by molar-refractivity contribution is 0.350. The van der Waals surface area contributed by atoms with Crippen LogP contribution in [0.25, 0.3) is 11.3 Å². The molecule has 28 heavy (non-hydrogen) atoms. The first-order valence-electron chi connectivity index (χ1n) is 9.31. The van der Waals surface area contributed by atoms with E-state index in [-0.39, 0.29) is 5.56 Å². The second-order valence-electron chi connectivity index (χ2n) is 6.92. The van der Waals surface area contributed by atoms with Crippen molar-refractivity contribution in [3.8, 4) is 17.3 Å². The zero-order valence-corrected chi connectivity index (χ0v) is 15.4. The van der Waals surface area contributed by atoms with Gasteiger partial charge in [-0.1, -0.05) is 0 Å². The standard InChI is InChI=1S/C21H20N6O/c22-13-18-2-1-7-24-21(18)26-10-5-16(6-11-26)14-27-15-25-19(12-20(27)28)17-3-8-23-9-4-17/h1-4,7-9,12,15-16H,5-6,10-11,14H2. The summed E-state index contributed by atoms with van der Waals surface area (Å²) in [5.74, 6) is 1.15. The first-order chi connectivity index (χ1) is 13.7. The monoisotopic (exact) mass is 372 g/mol. The van der Waals surface area contributed by atoms with Crippen LogP contribution in [-0.4, -0.2) is 32.6 Å². The van der Waals surface area contributed by atoms with E-state index in [2.05, 4.69) is 25.9 Å².